The first-order chi connectivity index (χ1) is 11.4. The second-order valence-corrected chi connectivity index (χ2v) is 7.37. The molecule has 0 saturated carbocycles. The van der Waals surface area contributed by atoms with Crippen LogP contribution in [0.15, 0.2) is 18.5 Å². The van der Waals surface area contributed by atoms with Gasteiger partial charge in [-0.2, -0.15) is 0 Å². The number of amides is 1. The maximum atomic E-state index is 12.0. The highest BCUT2D eigenvalue weighted by atomic mass is 16.2. The quantitative estimate of drug-likeness (QED) is 0.736. The monoisotopic (exact) mass is 334 g/mol. The molecule has 0 radical (unpaired) electrons. The number of rotatable bonds is 6. The molecule has 24 heavy (non-hydrogen) atoms. The zero-order chi connectivity index (χ0) is 17.6. The van der Waals surface area contributed by atoms with Gasteiger partial charge in [-0.25, -0.2) is 9.97 Å². The molecule has 0 bridgehead atoms. The standard InChI is InChI=1S/C17H30N6O/c1-17(2,3)14(18)15(24)19-8-5-9-22-10-12-23(13-11-22)16-20-6-4-7-21-16/h4,6-7,14H,5,8-13,18H2,1-3H3,(H,19,24)/t14-/m1/s1. The van der Waals surface area contributed by atoms with E-state index in [0.717, 1.165) is 45.1 Å². The predicted molar refractivity (Wildman–Crippen MR) is 95.7 cm³/mol. The Hall–Kier alpha value is -1.73. The molecule has 0 unspecified atom stereocenters. The van der Waals surface area contributed by atoms with Gasteiger partial charge in [-0.3, -0.25) is 9.69 Å². The van der Waals surface area contributed by atoms with Crippen LogP contribution in [0.2, 0.25) is 0 Å². The molecule has 2 heterocycles. The van der Waals surface area contributed by atoms with Crippen LogP contribution in [0, 0.1) is 5.41 Å². The summed E-state index contributed by atoms with van der Waals surface area (Å²) in [6.07, 6.45) is 4.49. The van der Waals surface area contributed by atoms with Crippen LogP contribution in [0.3, 0.4) is 0 Å². The number of piperazine rings is 1. The van der Waals surface area contributed by atoms with E-state index in [0.29, 0.717) is 6.54 Å². The Morgan fingerprint density at radius 3 is 2.46 bits per heavy atom. The van der Waals surface area contributed by atoms with E-state index in [1.807, 2.05) is 26.8 Å². The summed E-state index contributed by atoms with van der Waals surface area (Å²) in [7, 11) is 0. The average Bonchev–Trinajstić information content (AvgIpc) is 2.58. The van der Waals surface area contributed by atoms with Crippen molar-refractivity contribution in [3.63, 3.8) is 0 Å². The highest BCUT2D eigenvalue weighted by Gasteiger charge is 2.27. The molecule has 1 fully saturated rings. The van der Waals surface area contributed by atoms with E-state index in [2.05, 4.69) is 25.1 Å². The topological polar surface area (TPSA) is 87.4 Å². The third kappa shape index (κ3) is 5.42. The van der Waals surface area contributed by atoms with Gasteiger partial charge in [-0.1, -0.05) is 20.8 Å². The zero-order valence-corrected chi connectivity index (χ0v) is 15.0. The van der Waals surface area contributed by atoms with Gasteiger partial charge in [0, 0.05) is 45.1 Å². The van der Waals surface area contributed by atoms with Crippen molar-refractivity contribution in [1.29, 1.82) is 0 Å². The molecule has 1 saturated heterocycles. The Labute approximate surface area is 144 Å². The normalized spacial score (nSPS) is 17.6. The highest BCUT2D eigenvalue weighted by Crippen LogP contribution is 2.17. The van der Waals surface area contributed by atoms with Gasteiger partial charge in [0.1, 0.15) is 0 Å². The van der Waals surface area contributed by atoms with E-state index >= 15 is 0 Å². The van der Waals surface area contributed by atoms with Gasteiger partial charge < -0.3 is 16.0 Å². The summed E-state index contributed by atoms with van der Waals surface area (Å²) in [4.78, 5) is 25.2. The van der Waals surface area contributed by atoms with Gasteiger partial charge in [0.05, 0.1) is 6.04 Å². The van der Waals surface area contributed by atoms with Crippen molar-refractivity contribution < 1.29 is 4.79 Å². The number of nitrogens with two attached hydrogens (primary N) is 1. The summed E-state index contributed by atoms with van der Waals surface area (Å²) in [5, 5.41) is 2.94. The summed E-state index contributed by atoms with van der Waals surface area (Å²) in [6.45, 7) is 11.4. The summed E-state index contributed by atoms with van der Waals surface area (Å²) >= 11 is 0. The second kappa shape index (κ2) is 8.39. The van der Waals surface area contributed by atoms with Crippen LogP contribution in [0.1, 0.15) is 27.2 Å². The van der Waals surface area contributed by atoms with E-state index in [4.69, 9.17) is 5.73 Å². The predicted octanol–water partition coefficient (Wildman–Crippen LogP) is 0.478. The summed E-state index contributed by atoms with van der Waals surface area (Å²) in [6, 6.07) is 1.37. The highest BCUT2D eigenvalue weighted by molar-refractivity contribution is 5.82. The first kappa shape index (κ1) is 18.6. The summed E-state index contributed by atoms with van der Waals surface area (Å²) < 4.78 is 0. The van der Waals surface area contributed by atoms with Crippen molar-refractivity contribution >= 4 is 11.9 Å². The van der Waals surface area contributed by atoms with Gasteiger partial charge in [0.15, 0.2) is 0 Å². The van der Waals surface area contributed by atoms with Crippen LogP contribution < -0.4 is 16.0 Å². The Bertz CT molecular complexity index is 508. The van der Waals surface area contributed by atoms with E-state index in [-0.39, 0.29) is 11.3 Å². The fraction of sp³-hybridized carbons (Fsp3) is 0.706. The number of anilines is 1. The van der Waals surface area contributed by atoms with Gasteiger partial charge >= 0.3 is 0 Å². The fourth-order valence-electron chi connectivity index (χ4n) is 2.64. The average molecular weight is 334 g/mol. The number of hydrogen-bond donors (Lipinski definition) is 2. The van der Waals surface area contributed by atoms with Gasteiger partial charge in [0.25, 0.3) is 0 Å². The number of aromatic nitrogens is 2. The van der Waals surface area contributed by atoms with Crippen molar-refractivity contribution in [2.45, 2.75) is 33.2 Å². The Morgan fingerprint density at radius 2 is 1.88 bits per heavy atom. The molecule has 1 aliphatic heterocycles. The van der Waals surface area contributed by atoms with Gasteiger partial charge in [-0.05, 0) is 24.4 Å². The molecule has 0 aliphatic carbocycles. The molecule has 7 nitrogen and oxygen atoms in total. The fourth-order valence-corrected chi connectivity index (χ4v) is 2.64. The van der Waals surface area contributed by atoms with E-state index in [9.17, 15) is 4.79 Å². The Kier molecular flexibility index (Phi) is 6.51. The second-order valence-electron chi connectivity index (χ2n) is 7.37. The van der Waals surface area contributed by atoms with Gasteiger partial charge in [0.2, 0.25) is 11.9 Å². The number of hydrogen-bond acceptors (Lipinski definition) is 6. The molecule has 1 aliphatic rings. The summed E-state index contributed by atoms with van der Waals surface area (Å²) in [5.74, 6) is 0.745. The molecule has 1 aromatic rings. The van der Waals surface area contributed by atoms with E-state index in [1.54, 1.807) is 12.4 Å². The molecule has 1 atom stereocenters. The molecule has 1 amide bonds. The molecule has 1 aromatic heterocycles. The number of nitrogens with one attached hydrogen (secondary N) is 1. The van der Waals surface area contributed by atoms with Crippen molar-refractivity contribution in [3.8, 4) is 0 Å². The Morgan fingerprint density at radius 1 is 1.25 bits per heavy atom. The minimum absolute atomic E-state index is 0.0615. The minimum atomic E-state index is -0.466. The smallest absolute Gasteiger partial charge is 0.237 e. The largest absolute Gasteiger partial charge is 0.355 e. The minimum Gasteiger partial charge on any atom is -0.355 e. The maximum absolute atomic E-state index is 12.0. The molecule has 134 valence electrons. The first-order valence-corrected chi connectivity index (χ1v) is 8.65. The third-order valence-electron chi connectivity index (χ3n) is 4.37. The molecule has 7 heteroatoms. The molecule has 2 rings (SSSR count). The zero-order valence-electron chi connectivity index (χ0n) is 15.0. The van der Waals surface area contributed by atoms with Crippen LogP contribution in [0.4, 0.5) is 5.95 Å². The maximum Gasteiger partial charge on any atom is 0.237 e. The van der Waals surface area contributed by atoms with Crippen molar-refractivity contribution in [3.05, 3.63) is 18.5 Å². The Balaban J connectivity index is 1.62. The van der Waals surface area contributed by atoms with Crippen molar-refractivity contribution in [1.82, 2.24) is 20.2 Å². The lowest BCUT2D eigenvalue weighted by Gasteiger charge is -2.34. The van der Waals surface area contributed by atoms with E-state index < -0.39 is 6.04 Å². The van der Waals surface area contributed by atoms with Crippen LogP contribution in [-0.4, -0.2) is 66.1 Å². The van der Waals surface area contributed by atoms with Crippen molar-refractivity contribution in [2.75, 3.05) is 44.2 Å². The lowest BCUT2D eigenvalue weighted by Crippen LogP contribution is -2.49. The number of nitrogens with zero attached hydrogens (tertiary/aromatic N) is 4. The molecule has 0 aromatic carbocycles. The van der Waals surface area contributed by atoms with Crippen LogP contribution >= 0.6 is 0 Å². The third-order valence-corrected chi connectivity index (χ3v) is 4.37. The number of carbonyl (C=O) groups is 1. The SMILES string of the molecule is CC(C)(C)[C@H](N)C(=O)NCCCN1CCN(c2ncccn2)CC1. The van der Waals surface area contributed by atoms with Crippen LogP contribution in [0.25, 0.3) is 0 Å². The number of carbonyl (C=O) groups excluding carboxylic acids is 1. The molecular formula is C17H30N6O. The van der Waals surface area contributed by atoms with Gasteiger partial charge in [-0.15, -0.1) is 0 Å². The van der Waals surface area contributed by atoms with Crippen LogP contribution in [0.5, 0.6) is 0 Å². The van der Waals surface area contributed by atoms with Crippen molar-refractivity contribution in [2.24, 2.45) is 11.1 Å². The molecule has 3 N–H and O–H groups in total. The lowest BCUT2D eigenvalue weighted by molar-refractivity contribution is -0.124. The molecule has 0 spiro atoms. The summed E-state index contributed by atoms with van der Waals surface area (Å²) in [5.41, 5.74) is 5.74. The first-order valence-electron chi connectivity index (χ1n) is 8.65. The van der Waals surface area contributed by atoms with Crippen LogP contribution in [-0.2, 0) is 4.79 Å². The lowest BCUT2D eigenvalue weighted by atomic mass is 9.87. The molecular weight excluding hydrogens is 304 g/mol. The van der Waals surface area contributed by atoms with E-state index in [1.165, 1.54) is 0 Å².